The Labute approximate surface area is 98.8 Å². The van der Waals surface area contributed by atoms with Crippen molar-refractivity contribution in [3.8, 4) is 0 Å². The zero-order valence-electron chi connectivity index (χ0n) is 10.6. The molecule has 1 fully saturated rings. The zero-order valence-corrected chi connectivity index (χ0v) is 10.6. The van der Waals surface area contributed by atoms with Crippen LogP contribution in [0.2, 0.25) is 0 Å². The fraction of sp³-hybridized carbons (Fsp3) is 0.923. The summed E-state index contributed by atoms with van der Waals surface area (Å²) in [4.78, 5) is 13.1. The second-order valence-corrected chi connectivity index (χ2v) is 4.88. The van der Waals surface area contributed by atoms with E-state index >= 15 is 0 Å². The first-order valence-corrected chi connectivity index (χ1v) is 6.64. The predicted octanol–water partition coefficient (Wildman–Crippen LogP) is 2.75. The molecule has 3 heteroatoms. The van der Waals surface area contributed by atoms with Gasteiger partial charge in [0.1, 0.15) is 0 Å². The maximum absolute atomic E-state index is 10.9. The summed E-state index contributed by atoms with van der Waals surface area (Å²) in [6.07, 6.45) is 7.28. The van der Waals surface area contributed by atoms with E-state index in [0.29, 0.717) is 12.0 Å². The van der Waals surface area contributed by atoms with Crippen LogP contribution in [0.3, 0.4) is 0 Å². The minimum absolute atomic E-state index is 0.217. The molecule has 94 valence electrons. The molecule has 0 spiro atoms. The maximum atomic E-state index is 10.9. The second-order valence-electron chi connectivity index (χ2n) is 4.88. The van der Waals surface area contributed by atoms with Gasteiger partial charge in [-0.25, -0.2) is 0 Å². The zero-order chi connectivity index (χ0) is 12.0. The van der Waals surface area contributed by atoms with Crippen molar-refractivity contribution in [1.29, 1.82) is 0 Å². The first-order chi connectivity index (χ1) is 7.69. The monoisotopic (exact) mass is 227 g/mol. The predicted molar refractivity (Wildman–Crippen MR) is 65.5 cm³/mol. The van der Waals surface area contributed by atoms with Crippen LogP contribution < -0.4 is 0 Å². The number of carboxylic acids is 1. The standard InChI is InChI=1S/C13H25NO2/c1-3-9-14(10-13(15)16)12-8-6-5-7-11(12)4-2/h11-12H,3-10H2,1-2H3,(H,15,16). The molecule has 0 radical (unpaired) electrons. The summed E-state index contributed by atoms with van der Waals surface area (Å²) in [5.74, 6) is 0.0218. The van der Waals surface area contributed by atoms with E-state index in [1.807, 2.05) is 0 Å². The van der Waals surface area contributed by atoms with Crippen molar-refractivity contribution >= 4 is 5.97 Å². The van der Waals surface area contributed by atoms with Crippen LogP contribution in [0.4, 0.5) is 0 Å². The molecule has 3 nitrogen and oxygen atoms in total. The molecular formula is C13H25NO2. The Kier molecular flexibility index (Phi) is 5.81. The van der Waals surface area contributed by atoms with Crippen molar-refractivity contribution in [3.05, 3.63) is 0 Å². The number of aliphatic carboxylic acids is 1. The van der Waals surface area contributed by atoms with Crippen molar-refractivity contribution in [2.75, 3.05) is 13.1 Å². The van der Waals surface area contributed by atoms with E-state index < -0.39 is 5.97 Å². The Hall–Kier alpha value is -0.570. The number of carbonyl (C=O) groups is 1. The minimum Gasteiger partial charge on any atom is -0.480 e. The average Bonchev–Trinajstić information content (AvgIpc) is 2.28. The summed E-state index contributed by atoms with van der Waals surface area (Å²) in [5, 5.41) is 8.96. The number of carboxylic acid groups (broad SMARTS) is 1. The summed E-state index contributed by atoms with van der Waals surface area (Å²) < 4.78 is 0. The molecule has 1 aliphatic carbocycles. The van der Waals surface area contributed by atoms with Gasteiger partial charge in [0.05, 0.1) is 6.54 Å². The van der Waals surface area contributed by atoms with Gasteiger partial charge in [-0.1, -0.05) is 33.1 Å². The van der Waals surface area contributed by atoms with Gasteiger partial charge in [0, 0.05) is 6.04 Å². The molecule has 0 heterocycles. The van der Waals surface area contributed by atoms with Crippen LogP contribution in [0, 0.1) is 5.92 Å². The van der Waals surface area contributed by atoms with Gasteiger partial charge in [0.2, 0.25) is 0 Å². The van der Waals surface area contributed by atoms with Crippen molar-refractivity contribution in [1.82, 2.24) is 4.90 Å². The highest BCUT2D eigenvalue weighted by Gasteiger charge is 2.29. The van der Waals surface area contributed by atoms with Crippen molar-refractivity contribution in [2.45, 2.75) is 58.4 Å². The van der Waals surface area contributed by atoms with Crippen LogP contribution in [0.1, 0.15) is 52.4 Å². The van der Waals surface area contributed by atoms with Gasteiger partial charge in [-0.3, -0.25) is 9.69 Å². The fourth-order valence-corrected chi connectivity index (χ4v) is 2.97. The van der Waals surface area contributed by atoms with Gasteiger partial charge in [-0.05, 0) is 31.7 Å². The molecule has 0 saturated heterocycles. The second kappa shape index (κ2) is 6.89. The third kappa shape index (κ3) is 3.78. The van der Waals surface area contributed by atoms with E-state index in [9.17, 15) is 4.79 Å². The highest BCUT2D eigenvalue weighted by atomic mass is 16.4. The minimum atomic E-state index is -0.686. The molecule has 1 saturated carbocycles. The van der Waals surface area contributed by atoms with E-state index in [2.05, 4.69) is 18.7 Å². The lowest BCUT2D eigenvalue weighted by molar-refractivity contribution is -0.139. The Morgan fingerprint density at radius 3 is 2.56 bits per heavy atom. The molecule has 16 heavy (non-hydrogen) atoms. The smallest absolute Gasteiger partial charge is 0.317 e. The summed E-state index contributed by atoms with van der Waals surface area (Å²) in [6.45, 7) is 5.50. The van der Waals surface area contributed by atoms with Crippen LogP contribution in [0.5, 0.6) is 0 Å². The number of hydrogen-bond donors (Lipinski definition) is 1. The van der Waals surface area contributed by atoms with Crippen LogP contribution >= 0.6 is 0 Å². The summed E-state index contributed by atoms with van der Waals surface area (Å²) >= 11 is 0. The molecule has 0 aromatic heterocycles. The molecular weight excluding hydrogens is 202 g/mol. The molecule has 2 atom stereocenters. The molecule has 1 N–H and O–H groups in total. The van der Waals surface area contributed by atoms with Crippen molar-refractivity contribution < 1.29 is 9.90 Å². The van der Waals surface area contributed by atoms with Gasteiger partial charge < -0.3 is 5.11 Å². The molecule has 0 aliphatic heterocycles. The topological polar surface area (TPSA) is 40.5 Å². The molecule has 0 aromatic carbocycles. The van der Waals surface area contributed by atoms with Crippen molar-refractivity contribution in [3.63, 3.8) is 0 Å². The molecule has 0 amide bonds. The normalized spacial score (nSPS) is 25.9. The van der Waals surface area contributed by atoms with Gasteiger partial charge >= 0.3 is 5.97 Å². The maximum Gasteiger partial charge on any atom is 0.317 e. The lowest BCUT2D eigenvalue weighted by Gasteiger charge is -2.39. The van der Waals surface area contributed by atoms with E-state index in [1.165, 1.54) is 32.1 Å². The van der Waals surface area contributed by atoms with Gasteiger partial charge in [-0.15, -0.1) is 0 Å². The van der Waals surface area contributed by atoms with Gasteiger partial charge in [-0.2, -0.15) is 0 Å². The number of hydrogen-bond acceptors (Lipinski definition) is 2. The van der Waals surface area contributed by atoms with Crippen LogP contribution in [0.25, 0.3) is 0 Å². The van der Waals surface area contributed by atoms with E-state index in [0.717, 1.165) is 13.0 Å². The number of rotatable bonds is 6. The first kappa shape index (κ1) is 13.5. The van der Waals surface area contributed by atoms with E-state index in [1.54, 1.807) is 0 Å². The lowest BCUT2D eigenvalue weighted by atomic mass is 9.82. The molecule has 0 aromatic rings. The third-order valence-electron chi connectivity index (χ3n) is 3.71. The molecule has 2 unspecified atom stereocenters. The molecule has 0 bridgehead atoms. The lowest BCUT2D eigenvalue weighted by Crippen LogP contribution is -2.45. The summed E-state index contributed by atoms with van der Waals surface area (Å²) in [7, 11) is 0. The quantitative estimate of drug-likeness (QED) is 0.758. The Bertz CT molecular complexity index is 218. The fourth-order valence-electron chi connectivity index (χ4n) is 2.97. The van der Waals surface area contributed by atoms with Crippen LogP contribution in [0.15, 0.2) is 0 Å². The van der Waals surface area contributed by atoms with E-state index in [4.69, 9.17) is 5.11 Å². The largest absolute Gasteiger partial charge is 0.480 e. The summed E-state index contributed by atoms with van der Waals surface area (Å²) in [6, 6.07) is 0.509. The average molecular weight is 227 g/mol. The Morgan fingerprint density at radius 2 is 2.00 bits per heavy atom. The first-order valence-electron chi connectivity index (χ1n) is 6.64. The highest BCUT2D eigenvalue weighted by molar-refractivity contribution is 5.69. The SMILES string of the molecule is CCCN(CC(=O)O)C1CCCCC1CC. The van der Waals surface area contributed by atoms with Gasteiger partial charge in [0.15, 0.2) is 0 Å². The van der Waals surface area contributed by atoms with Crippen molar-refractivity contribution in [2.24, 2.45) is 5.92 Å². The summed E-state index contributed by atoms with van der Waals surface area (Å²) in [5.41, 5.74) is 0. The number of nitrogens with zero attached hydrogens (tertiary/aromatic N) is 1. The van der Waals surface area contributed by atoms with Crippen LogP contribution in [-0.2, 0) is 4.79 Å². The van der Waals surface area contributed by atoms with Crippen LogP contribution in [-0.4, -0.2) is 35.1 Å². The third-order valence-corrected chi connectivity index (χ3v) is 3.71. The Morgan fingerprint density at radius 1 is 1.31 bits per heavy atom. The van der Waals surface area contributed by atoms with E-state index in [-0.39, 0.29) is 6.54 Å². The molecule has 1 aliphatic rings. The highest BCUT2D eigenvalue weighted by Crippen LogP contribution is 2.30. The van der Waals surface area contributed by atoms with Gasteiger partial charge in [0.25, 0.3) is 0 Å². The molecule has 1 rings (SSSR count). The Balaban J connectivity index is 2.61.